The van der Waals surface area contributed by atoms with E-state index in [1.807, 2.05) is 24.3 Å². The molecule has 2 heterocycles. The van der Waals surface area contributed by atoms with E-state index in [9.17, 15) is 4.79 Å². The fourth-order valence-electron chi connectivity index (χ4n) is 5.58. The summed E-state index contributed by atoms with van der Waals surface area (Å²) in [6.07, 6.45) is 10.3. The Kier molecular flexibility index (Phi) is 10.2. The first kappa shape index (κ1) is 25.9. The van der Waals surface area contributed by atoms with E-state index in [2.05, 4.69) is 47.1 Å². The summed E-state index contributed by atoms with van der Waals surface area (Å²) < 4.78 is 6.41. The van der Waals surface area contributed by atoms with E-state index >= 15 is 0 Å². The van der Waals surface area contributed by atoms with Crippen molar-refractivity contribution >= 4 is 5.78 Å². The van der Waals surface area contributed by atoms with Crippen LogP contribution < -0.4 is 4.74 Å². The molecule has 0 saturated carbocycles. The third-order valence-electron chi connectivity index (χ3n) is 7.74. The molecule has 0 amide bonds. The SMILES string of the molecule is CC(CN1CCC(Oc2ccccc2C(=O)CCCCN2CCCCCC2)CC1)c1ccccc1. The van der Waals surface area contributed by atoms with E-state index in [-0.39, 0.29) is 11.9 Å². The maximum atomic E-state index is 13.0. The van der Waals surface area contributed by atoms with Gasteiger partial charge in [-0.05, 0) is 81.8 Å². The van der Waals surface area contributed by atoms with Crippen molar-refractivity contribution in [2.45, 2.75) is 76.7 Å². The average molecular weight is 477 g/mol. The highest BCUT2D eigenvalue weighted by atomic mass is 16.5. The van der Waals surface area contributed by atoms with Crippen LogP contribution in [0.15, 0.2) is 54.6 Å². The van der Waals surface area contributed by atoms with Crippen LogP contribution in [-0.4, -0.2) is 61.0 Å². The van der Waals surface area contributed by atoms with Gasteiger partial charge in [0.1, 0.15) is 11.9 Å². The average Bonchev–Trinajstić information content (AvgIpc) is 3.17. The molecule has 1 atom stereocenters. The molecule has 0 bridgehead atoms. The minimum atomic E-state index is 0.190. The minimum absolute atomic E-state index is 0.190. The Morgan fingerprint density at radius 1 is 0.857 bits per heavy atom. The molecule has 0 radical (unpaired) electrons. The van der Waals surface area contributed by atoms with Gasteiger partial charge in [-0.2, -0.15) is 0 Å². The molecule has 4 nitrogen and oxygen atoms in total. The van der Waals surface area contributed by atoms with Gasteiger partial charge in [0.2, 0.25) is 0 Å². The molecule has 2 saturated heterocycles. The number of benzene rings is 2. The van der Waals surface area contributed by atoms with Crippen molar-refractivity contribution in [3.8, 4) is 5.75 Å². The van der Waals surface area contributed by atoms with Crippen molar-refractivity contribution < 1.29 is 9.53 Å². The van der Waals surface area contributed by atoms with Crippen molar-refractivity contribution in [2.75, 3.05) is 39.3 Å². The molecule has 0 spiro atoms. The van der Waals surface area contributed by atoms with Crippen LogP contribution in [0.4, 0.5) is 0 Å². The molecule has 2 aromatic carbocycles. The molecule has 4 rings (SSSR count). The summed E-state index contributed by atoms with van der Waals surface area (Å²) >= 11 is 0. The van der Waals surface area contributed by atoms with E-state index in [1.54, 1.807) is 0 Å². The Bertz CT molecular complexity index is 884. The predicted octanol–water partition coefficient (Wildman–Crippen LogP) is 6.56. The number of ketones is 1. The number of hydrogen-bond acceptors (Lipinski definition) is 4. The second kappa shape index (κ2) is 13.8. The van der Waals surface area contributed by atoms with Crippen LogP contribution in [0.5, 0.6) is 5.75 Å². The third kappa shape index (κ3) is 8.18. The molecule has 190 valence electrons. The van der Waals surface area contributed by atoms with E-state index < -0.39 is 0 Å². The largest absolute Gasteiger partial charge is 0.490 e. The standard InChI is InChI=1S/C31H44N2O2/c1-26(27-13-5-4-6-14-27)25-33-23-18-28(19-24-33)35-31-17-8-7-15-29(31)30(34)16-9-12-22-32-20-10-2-3-11-21-32/h4-8,13-15,17,26,28H,2-3,9-12,16,18-25H2,1H3. The summed E-state index contributed by atoms with van der Waals surface area (Å²) in [5.74, 6) is 1.54. The highest BCUT2D eigenvalue weighted by Crippen LogP contribution is 2.26. The van der Waals surface area contributed by atoms with Gasteiger partial charge in [-0.3, -0.25) is 4.79 Å². The number of rotatable bonds is 11. The maximum Gasteiger partial charge on any atom is 0.166 e. The zero-order valence-electron chi connectivity index (χ0n) is 21.7. The smallest absolute Gasteiger partial charge is 0.166 e. The van der Waals surface area contributed by atoms with Crippen LogP contribution in [0.3, 0.4) is 0 Å². The lowest BCUT2D eigenvalue weighted by Crippen LogP contribution is -2.40. The molecular formula is C31H44N2O2. The van der Waals surface area contributed by atoms with Gasteiger partial charge in [0.25, 0.3) is 0 Å². The Morgan fingerprint density at radius 2 is 1.54 bits per heavy atom. The normalized spacial score (nSPS) is 19.2. The van der Waals surface area contributed by atoms with Crippen LogP contribution in [0.2, 0.25) is 0 Å². The van der Waals surface area contributed by atoms with Crippen LogP contribution >= 0.6 is 0 Å². The van der Waals surface area contributed by atoms with E-state index in [0.29, 0.717) is 12.3 Å². The number of hydrogen-bond donors (Lipinski definition) is 0. The number of carbonyl (C=O) groups excluding carboxylic acids is 1. The van der Waals surface area contributed by atoms with Gasteiger partial charge in [-0.15, -0.1) is 0 Å². The minimum Gasteiger partial charge on any atom is -0.490 e. The Labute approximate surface area is 212 Å². The van der Waals surface area contributed by atoms with Gasteiger partial charge in [-0.1, -0.05) is 62.2 Å². The van der Waals surface area contributed by atoms with Crippen molar-refractivity contribution in [1.29, 1.82) is 0 Å². The number of carbonyl (C=O) groups is 1. The van der Waals surface area contributed by atoms with Gasteiger partial charge in [-0.25, -0.2) is 0 Å². The molecule has 4 heteroatoms. The highest BCUT2D eigenvalue weighted by molar-refractivity contribution is 5.98. The number of unbranched alkanes of at least 4 members (excludes halogenated alkanes) is 1. The molecule has 2 aromatic rings. The van der Waals surface area contributed by atoms with E-state index in [0.717, 1.165) is 63.2 Å². The number of likely N-dealkylation sites (tertiary alicyclic amines) is 2. The Morgan fingerprint density at radius 3 is 2.29 bits per heavy atom. The Hall–Kier alpha value is -2.17. The molecular weight excluding hydrogens is 432 g/mol. The lowest BCUT2D eigenvalue weighted by molar-refractivity contribution is 0.0911. The molecule has 0 N–H and O–H groups in total. The number of ether oxygens (including phenoxy) is 1. The van der Waals surface area contributed by atoms with Gasteiger partial charge >= 0.3 is 0 Å². The zero-order chi connectivity index (χ0) is 24.3. The molecule has 2 fully saturated rings. The van der Waals surface area contributed by atoms with Gasteiger partial charge in [0.15, 0.2) is 5.78 Å². The van der Waals surface area contributed by atoms with Crippen molar-refractivity contribution in [2.24, 2.45) is 0 Å². The lowest BCUT2D eigenvalue weighted by atomic mass is 9.99. The fraction of sp³-hybridized carbons (Fsp3) is 0.581. The van der Waals surface area contributed by atoms with Gasteiger partial charge < -0.3 is 14.5 Å². The summed E-state index contributed by atoms with van der Waals surface area (Å²) in [7, 11) is 0. The number of para-hydroxylation sites is 1. The van der Waals surface area contributed by atoms with Crippen LogP contribution in [0, 0.1) is 0 Å². The zero-order valence-corrected chi connectivity index (χ0v) is 21.7. The van der Waals surface area contributed by atoms with Gasteiger partial charge in [0.05, 0.1) is 5.56 Å². The molecule has 2 aliphatic heterocycles. The van der Waals surface area contributed by atoms with Crippen LogP contribution in [-0.2, 0) is 0 Å². The van der Waals surface area contributed by atoms with E-state index in [4.69, 9.17) is 4.74 Å². The van der Waals surface area contributed by atoms with Crippen molar-refractivity contribution in [1.82, 2.24) is 9.80 Å². The lowest BCUT2D eigenvalue weighted by Gasteiger charge is -2.34. The summed E-state index contributed by atoms with van der Waals surface area (Å²) in [5, 5.41) is 0. The monoisotopic (exact) mass is 476 g/mol. The summed E-state index contributed by atoms with van der Waals surface area (Å²) in [4.78, 5) is 18.2. The van der Waals surface area contributed by atoms with Crippen molar-refractivity contribution in [3.05, 3.63) is 65.7 Å². The first-order chi connectivity index (χ1) is 17.2. The maximum absolute atomic E-state index is 13.0. The molecule has 0 aliphatic carbocycles. The Balaban J connectivity index is 1.20. The van der Waals surface area contributed by atoms with Crippen molar-refractivity contribution in [3.63, 3.8) is 0 Å². The number of Topliss-reactive ketones (excluding diaryl/α,β-unsaturated/α-hetero) is 1. The fourth-order valence-corrected chi connectivity index (χ4v) is 5.58. The predicted molar refractivity (Wildman–Crippen MR) is 144 cm³/mol. The summed E-state index contributed by atoms with van der Waals surface area (Å²) in [6.45, 7) is 9.09. The van der Waals surface area contributed by atoms with Crippen LogP contribution in [0.1, 0.15) is 86.6 Å². The second-order valence-corrected chi connectivity index (χ2v) is 10.6. The number of piperidine rings is 1. The highest BCUT2D eigenvalue weighted by Gasteiger charge is 2.23. The molecule has 0 aromatic heterocycles. The second-order valence-electron chi connectivity index (χ2n) is 10.6. The molecule has 35 heavy (non-hydrogen) atoms. The van der Waals surface area contributed by atoms with E-state index in [1.165, 1.54) is 44.3 Å². The number of nitrogens with zero attached hydrogens (tertiary/aromatic N) is 2. The van der Waals surface area contributed by atoms with Crippen LogP contribution in [0.25, 0.3) is 0 Å². The topological polar surface area (TPSA) is 32.8 Å². The first-order valence-corrected chi connectivity index (χ1v) is 14.0. The third-order valence-corrected chi connectivity index (χ3v) is 7.74. The molecule has 2 aliphatic rings. The summed E-state index contributed by atoms with van der Waals surface area (Å²) in [5.41, 5.74) is 2.17. The summed E-state index contributed by atoms with van der Waals surface area (Å²) in [6, 6.07) is 18.7. The first-order valence-electron chi connectivity index (χ1n) is 14.0. The molecule has 1 unspecified atom stereocenters. The van der Waals surface area contributed by atoms with Gasteiger partial charge in [0, 0.05) is 26.1 Å². The quantitative estimate of drug-likeness (QED) is 0.271.